The highest BCUT2D eigenvalue weighted by Gasteiger charge is 2.22. The third-order valence-electron chi connectivity index (χ3n) is 8.14. The average Bonchev–Trinajstić information content (AvgIpc) is 3.40. The number of Topliss-reactive ketones (excluding diaryl/α,β-unsaturated/α-hetero) is 1. The van der Waals surface area contributed by atoms with E-state index in [4.69, 9.17) is 0 Å². The second-order valence-electron chi connectivity index (χ2n) is 11.6. The summed E-state index contributed by atoms with van der Waals surface area (Å²) in [6.07, 6.45) is 11.7. The number of fused-ring (bicyclic) bond motifs is 1. The highest BCUT2D eigenvalue weighted by Crippen LogP contribution is 2.24. The quantitative estimate of drug-likeness (QED) is 0.117. The zero-order valence-electron chi connectivity index (χ0n) is 26.9. The summed E-state index contributed by atoms with van der Waals surface area (Å²) in [7, 11) is 1.32. The first-order valence-corrected chi connectivity index (χ1v) is 16.2. The summed E-state index contributed by atoms with van der Waals surface area (Å²) in [6.45, 7) is 11.8. The number of ketones is 2. The number of esters is 1. The highest BCUT2D eigenvalue weighted by atomic mass is 16.5. The van der Waals surface area contributed by atoms with E-state index in [0.29, 0.717) is 16.8 Å². The molecule has 1 N–H and O–H groups in total. The molecule has 1 unspecified atom stereocenters. The second kappa shape index (κ2) is 17.7. The molecule has 1 aromatic carbocycles. The molecule has 0 aliphatic rings. The van der Waals surface area contributed by atoms with Gasteiger partial charge in [0.25, 0.3) is 0 Å². The Morgan fingerprint density at radius 3 is 2.12 bits per heavy atom. The molecule has 0 amide bonds. The molecule has 3 aromatic rings. The summed E-state index contributed by atoms with van der Waals surface area (Å²) in [5.74, 6) is -0.546. The van der Waals surface area contributed by atoms with E-state index in [9.17, 15) is 14.4 Å². The van der Waals surface area contributed by atoms with E-state index in [1.54, 1.807) is 13.0 Å². The topological polar surface area (TPSA) is 80.1 Å². The highest BCUT2D eigenvalue weighted by molar-refractivity contribution is 6.10. The number of carbonyl (C=O) groups is 3. The first-order chi connectivity index (χ1) is 20.8. The molecule has 1 atom stereocenters. The van der Waals surface area contributed by atoms with Crippen molar-refractivity contribution in [3.05, 3.63) is 76.6 Å². The van der Waals surface area contributed by atoms with Crippen LogP contribution in [0.25, 0.3) is 5.52 Å². The molecule has 7 heteroatoms. The van der Waals surface area contributed by atoms with Gasteiger partial charge in [-0.05, 0) is 94.4 Å². The molecule has 0 saturated heterocycles. The van der Waals surface area contributed by atoms with Crippen LogP contribution in [0.2, 0.25) is 0 Å². The van der Waals surface area contributed by atoms with Gasteiger partial charge in [-0.1, -0.05) is 64.3 Å². The molecule has 2 heterocycles. The van der Waals surface area contributed by atoms with Crippen LogP contribution < -0.4 is 5.32 Å². The standard InChI is InChI=1S/C36H51N3O4/c1-6-9-14-30-24-32-25-31(35(41)27(4)37-26-33(40)43-5)19-23-39(32)34(30)36(42)29-17-15-28(16-18-29)13-12-22-38(20-10-7-2)21-11-8-3/h15-19,23-25,27,37H,6-14,20-22,26H2,1-5H3. The van der Waals surface area contributed by atoms with Crippen LogP contribution in [-0.4, -0.2) is 66.2 Å². The Morgan fingerprint density at radius 1 is 0.837 bits per heavy atom. The largest absolute Gasteiger partial charge is 0.468 e. The Hall–Kier alpha value is -3.29. The predicted octanol–water partition coefficient (Wildman–Crippen LogP) is 6.68. The maximum absolute atomic E-state index is 13.9. The third-order valence-corrected chi connectivity index (χ3v) is 8.14. The summed E-state index contributed by atoms with van der Waals surface area (Å²) < 4.78 is 6.56. The maximum Gasteiger partial charge on any atom is 0.319 e. The molecule has 0 radical (unpaired) electrons. The van der Waals surface area contributed by atoms with Crippen molar-refractivity contribution in [3.63, 3.8) is 0 Å². The molecule has 43 heavy (non-hydrogen) atoms. The summed E-state index contributed by atoms with van der Waals surface area (Å²) in [5.41, 5.74) is 4.93. The summed E-state index contributed by atoms with van der Waals surface area (Å²) >= 11 is 0. The lowest BCUT2D eigenvalue weighted by Crippen LogP contribution is -2.37. The number of benzene rings is 1. The summed E-state index contributed by atoms with van der Waals surface area (Å²) in [4.78, 5) is 41.0. The van der Waals surface area contributed by atoms with Gasteiger partial charge in [-0.3, -0.25) is 19.7 Å². The van der Waals surface area contributed by atoms with Gasteiger partial charge in [0.1, 0.15) is 0 Å². The Morgan fingerprint density at radius 2 is 1.49 bits per heavy atom. The molecule has 7 nitrogen and oxygen atoms in total. The number of hydrogen-bond donors (Lipinski definition) is 1. The number of carbonyl (C=O) groups excluding carboxylic acids is 3. The van der Waals surface area contributed by atoms with Gasteiger partial charge in [-0.2, -0.15) is 0 Å². The number of ether oxygens (including phenoxy) is 1. The van der Waals surface area contributed by atoms with Crippen LogP contribution in [-0.2, 0) is 22.4 Å². The van der Waals surface area contributed by atoms with Crippen LogP contribution in [0.4, 0.5) is 0 Å². The van der Waals surface area contributed by atoms with Crippen LogP contribution in [0.3, 0.4) is 0 Å². The fraction of sp³-hybridized carbons (Fsp3) is 0.528. The Balaban J connectivity index is 1.75. The van der Waals surface area contributed by atoms with E-state index in [1.165, 1.54) is 51.4 Å². The lowest BCUT2D eigenvalue weighted by molar-refractivity contribution is -0.139. The minimum Gasteiger partial charge on any atom is -0.468 e. The Kier molecular flexibility index (Phi) is 14.1. The number of nitrogens with one attached hydrogen (secondary N) is 1. The average molecular weight is 590 g/mol. The number of pyridine rings is 1. The van der Waals surface area contributed by atoms with Crippen LogP contribution >= 0.6 is 0 Å². The maximum atomic E-state index is 13.9. The molecule has 2 aromatic heterocycles. The molecule has 0 saturated carbocycles. The zero-order chi connectivity index (χ0) is 31.2. The lowest BCUT2D eigenvalue weighted by Gasteiger charge is -2.21. The van der Waals surface area contributed by atoms with E-state index in [-0.39, 0.29) is 18.1 Å². The second-order valence-corrected chi connectivity index (χ2v) is 11.6. The van der Waals surface area contributed by atoms with E-state index in [2.05, 4.69) is 47.9 Å². The number of rotatable bonds is 20. The van der Waals surface area contributed by atoms with Crippen LogP contribution in [0.1, 0.15) is 110 Å². The normalized spacial score (nSPS) is 12.1. The van der Waals surface area contributed by atoms with Gasteiger partial charge >= 0.3 is 5.97 Å². The third kappa shape index (κ3) is 9.87. The summed E-state index contributed by atoms with van der Waals surface area (Å²) in [6, 6.07) is 13.2. The fourth-order valence-corrected chi connectivity index (χ4v) is 5.42. The van der Waals surface area contributed by atoms with Gasteiger partial charge in [-0.15, -0.1) is 0 Å². The number of hydrogen-bond acceptors (Lipinski definition) is 6. The van der Waals surface area contributed by atoms with Crippen molar-refractivity contribution in [2.24, 2.45) is 0 Å². The SMILES string of the molecule is CCCCc1cc2cc(C(=O)C(C)NCC(=O)OC)ccn2c1C(=O)c1ccc(CCCN(CCCC)CCCC)cc1. The molecular formula is C36H51N3O4. The van der Waals surface area contributed by atoms with Crippen LogP contribution in [0.5, 0.6) is 0 Å². The fourth-order valence-electron chi connectivity index (χ4n) is 5.42. The van der Waals surface area contributed by atoms with E-state index < -0.39 is 12.0 Å². The van der Waals surface area contributed by atoms with Crippen LogP contribution in [0, 0.1) is 0 Å². The van der Waals surface area contributed by atoms with Crippen molar-refractivity contribution in [2.75, 3.05) is 33.3 Å². The predicted molar refractivity (Wildman–Crippen MR) is 174 cm³/mol. The van der Waals surface area contributed by atoms with Crippen molar-refractivity contribution in [1.82, 2.24) is 14.6 Å². The van der Waals surface area contributed by atoms with Crippen LogP contribution in [0.15, 0.2) is 48.7 Å². The molecule has 0 bridgehead atoms. The molecule has 3 rings (SSSR count). The van der Waals surface area contributed by atoms with Crippen molar-refractivity contribution < 1.29 is 19.1 Å². The molecule has 0 aliphatic heterocycles. The van der Waals surface area contributed by atoms with Crippen molar-refractivity contribution in [2.45, 2.75) is 91.5 Å². The monoisotopic (exact) mass is 589 g/mol. The summed E-state index contributed by atoms with van der Waals surface area (Å²) in [5, 5.41) is 2.91. The number of aryl methyl sites for hydroxylation is 2. The van der Waals surface area contributed by atoms with Crippen molar-refractivity contribution in [1.29, 1.82) is 0 Å². The van der Waals surface area contributed by atoms with Gasteiger partial charge in [0.15, 0.2) is 5.78 Å². The number of unbranched alkanes of at least 4 members (excludes halogenated alkanes) is 3. The minimum atomic E-state index is -0.550. The van der Waals surface area contributed by atoms with E-state index >= 15 is 0 Å². The van der Waals surface area contributed by atoms with E-state index in [1.807, 2.05) is 34.9 Å². The number of aromatic nitrogens is 1. The molecule has 0 fully saturated rings. The Labute approximate surface area is 258 Å². The van der Waals surface area contributed by atoms with Crippen molar-refractivity contribution >= 4 is 23.1 Å². The van der Waals surface area contributed by atoms with Gasteiger partial charge in [0.2, 0.25) is 5.78 Å². The molecule has 0 spiro atoms. The van der Waals surface area contributed by atoms with Gasteiger partial charge in [-0.25, -0.2) is 0 Å². The molecule has 234 valence electrons. The van der Waals surface area contributed by atoms with Crippen molar-refractivity contribution in [3.8, 4) is 0 Å². The number of nitrogens with zero attached hydrogens (tertiary/aromatic N) is 2. The number of methoxy groups -OCH3 is 1. The molecular weight excluding hydrogens is 538 g/mol. The van der Waals surface area contributed by atoms with E-state index in [0.717, 1.165) is 49.7 Å². The lowest BCUT2D eigenvalue weighted by atomic mass is 10.00. The van der Waals surface area contributed by atoms with Gasteiger partial charge in [0.05, 0.1) is 25.4 Å². The first-order valence-electron chi connectivity index (χ1n) is 16.2. The first kappa shape index (κ1) is 34.2. The minimum absolute atomic E-state index is 0.00449. The molecule has 0 aliphatic carbocycles. The Bertz CT molecular complexity index is 1320. The zero-order valence-corrected chi connectivity index (χ0v) is 26.9. The van der Waals surface area contributed by atoms with Gasteiger partial charge in [0, 0.05) is 22.8 Å². The van der Waals surface area contributed by atoms with Gasteiger partial charge < -0.3 is 14.0 Å². The smallest absolute Gasteiger partial charge is 0.319 e.